The van der Waals surface area contributed by atoms with Gasteiger partial charge in [-0.25, -0.2) is 0 Å². The fraction of sp³-hybridized carbons (Fsp3) is 0.333. The van der Waals surface area contributed by atoms with Crippen molar-refractivity contribution in [1.29, 1.82) is 0 Å². The normalized spacial score (nSPS) is 15.1. The minimum atomic E-state index is 0.331. The Morgan fingerprint density at radius 3 is 3.08 bits per heavy atom. The first-order valence-corrected chi connectivity index (χ1v) is 4.82. The first-order valence-electron chi connectivity index (χ1n) is 4.02. The molecule has 0 radical (unpaired) electrons. The summed E-state index contributed by atoms with van der Waals surface area (Å²) in [4.78, 5) is 0. The van der Waals surface area contributed by atoms with Crippen LogP contribution in [0.4, 0.5) is 5.69 Å². The van der Waals surface area contributed by atoms with E-state index in [1.54, 1.807) is 0 Å². The van der Waals surface area contributed by atoms with Gasteiger partial charge in [-0.1, -0.05) is 0 Å². The van der Waals surface area contributed by atoms with Crippen molar-refractivity contribution < 1.29 is 5.11 Å². The zero-order chi connectivity index (χ0) is 8.55. The molecule has 0 atom stereocenters. The van der Waals surface area contributed by atoms with Gasteiger partial charge in [-0.2, -0.15) is 0 Å². The van der Waals surface area contributed by atoms with E-state index >= 15 is 0 Å². The highest BCUT2D eigenvalue weighted by molar-refractivity contribution is 9.10. The second kappa shape index (κ2) is 2.98. The third-order valence-electron chi connectivity index (χ3n) is 2.11. The van der Waals surface area contributed by atoms with Gasteiger partial charge in [0.05, 0.1) is 4.47 Å². The van der Waals surface area contributed by atoms with Crippen LogP contribution in [0.2, 0.25) is 0 Å². The number of hydrogen-bond donors (Lipinski definition) is 2. The Labute approximate surface area is 79.7 Å². The molecule has 2 nitrogen and oxygen atoms in total. The molecule has 0 amide bonds. The number of aryl methyl sites for hydroxylation is 1. The number of phenolic OH excluding ortho intramolecular Hbond substituents is 1. The predicted octanol–water partition coefficient (Wildman–Crippen LogP) is 2.51. The van der Waals surface area contributed by atoms with Gasteiger partial charge in [0.25, 0.3) is 0 Å². The fourth-order valence-corrected chi connectivity index (χ4v) is 1.82. The van der Waals surface area contributed by atoms with Gasteiger partial charge in [-0.05, 0) is 46.5 Å². The highest BCUT2D eigenvalue weighted by Gasteiger charge is 2.10. The molecule has 0 spiro atoms. The maximum absolute atomic E-state index is 9.40. The van der Waals surface area contributed by atoms with Crippen molar-refractivity contribution >= 4 is 21.6 Å². The first kappa shape index (κ1) is 7.92. The van der Waals surface area contributed by atoms with Crippen LogP contribution in [0.5, 0.6) is 5.75 Å². The van der Waals surface area contributed by atoms with Crippen molar-refractivity contribution in [2.45, 2.75) is 12.8 Å². The summed E-state index contributed by atoms with van der Waals surface area (Å²) in [6.07, 6.45) is 2.21. The SMILES string of the molecule is Oc1cc2c(cc1Br)NCCC2. The van der Waals surface area contributed by atoms with Crippen LogP contribution in [0.1, 0.15) is 12.0 Å². The highest BCUT2D eigenvalue weighted by Crippen LogP contribution is 2.32. The van der Waals surface area contributed by atoms with E-state index in [1.165, 1.54) is 5.56 Å². The summed E-state index contributed by atoms with van der Waals surface area (Å²) in [6.45, 7) is 1.03. The van der Waals surface area contributed by atoms with E-state index in [0.717, 1.165) is 29.5 Å². The number of fused-ring (bicyclic) bond motifs is 1. The standard InChI is InChI=1S/C9H10BrNO/c10-7-5-8-6(4-9(7)12)2-1-3-11-8/h4-5,11-12H,1-3H2. The molecule has 0 saturated heterocycles. The quantitative estimate of drug-likeness (QED) is 0.668. The molecule has 0 aromatic heterocycles. The topological polar surface area (TPSA) is 32.3 Å². The highest BCUT2D eigenvalue weighted by atomic mass is 79.9. The summed E-state index contributed by atoms with van der Waals surface area (Å²) in [5.74, 6) is 0.331. The molecular formula is C9H10BrNO. The van der Waals surface area contributed by atoms with Crippen LogP contribution in [0.25, 0.3) is 0 Å². The van der Waals surface area contributed by atoms with Crippen molar-refractivity contribution in [1.82, 2.24) is 0 Å². The van der Waals surface area contributed by atoms with Gasteiger partial charge < -0.3 is 10.4 Å². The lowest BCUT2D eigenvalue weighted by Crippen LogP contribution is -2.11. The Morgan fingerprint density at radius 1 is 1.42 bits per heavy atom. The molecule has 1 aliphatic heterocycles. The van der Waals surface area contributed by atoms with Crippen molar-refractivity contribution in [2.75, 3.05) is 11.9 Å². The minimum Gasteiger partial charge on any atom is -0.507 e. The molecule has 2 N–H and O–H groups in total. The van der Waals surface area contributed by atoms with Crippen LogP contribution >= 0.6 is 15.9 Å². The fourth-order valence-electron chi connectivity index (χ4n) is 1.48. The molecule has 0 bridgehead atoms. The number of rotatable bonds is 0. The second-order valence-corrected chi connectivity index (χ2v) is 3.85. The maximum atomic E-state index is 9.40. The summed E-state index contributed by atoms with van der Waals surface area (Å²) in [5, 5.41) is 12.7. The number of nitrogens with one attached hydrogen (secondary N) is 1. The molecule has 1 aromatic carbocycles. The second-order valence-electron chi connectivity index (χ2n) is 2.99. The molecule has 1 aliphatic rings. The monoisotopic (exact) mass is 227 g/mol. The summed E-state index contributed by atoms with van der Waals surface area (Å²) in [6, 6.07) is 3.76. The number of aromatic hydroxyl groups is 1. The van der Waals surface area contributed by atoms with Crippen LogP contribution < -0.4 is 5.32 Å². The van der Waals surface area contributed by atoms with Crippen molar-refractivity contribution in [2.24, 2.45) is 0 Å². The molecule has 1 heterocycles. The van der Waals surface area contributed by atoms with Gasteiger partial charge in [0.2, 0.25) is 0 Å². The Kier molecular flexibility index (Phi) is 1.97. The molecule has 12 heavy (non-hydrogen) atoms. The van der Waals surface area contributed by atoms with Crippen molar-refractivity contribution in [3.63, 3.8) is 0 Å². The van der Waals surface area contributed by atoms with E-state index in [9.17, 15) is 5.11 Å². The summed E-state index contributed by atoms with van der Waals surface area (Å²) >= 11 is 3.28. The van der Waals surface area contributed by atoms with Crippen LogP contribution in [-0.4, -0.2) is 11.7 Å². The van der Waals surface area contributed by atoms with Gasteiger partial charge >= 0.3 is 0 Å². The largest absolute Gasteiger partial charge is 0.507 e. The lowest BCUT2D eigenvalue weighted by molar-refractivity contribution is 0.471. The smallest absolute Gasteiger partial charge is 0.130 e. The van der Waals surface area contributed by atoms with E-state index in [2.05, 4.69) is 21.2 Å². The van der Waals surface area contributed by atoms with Crippen LogP contribution in [0.3, 0.4) is 0 Å². The average molecular weight is 228 g/mol. The molecule has 0 aliphatic carbocycles. The Hall–Kier alpha value is -0.700. The Morgan fingerprint density at radius 2 is 2.25 bits per heavy atom. The summed E-state index contributed by atoms with van der Waals surface area (Å²) < 4.78 is 0.760. The summed E-state index contributed by atoms with van der Waals surface area (Å²) in [7, 11) is 0. The van der Waals surface area contributed by atoms with Gasteiger partial charge in [0.15, 0.2) is 0 Å². The predicted molar refractivity (Wildman–Crippen MR) is 52.6 cm³/mol. The van der Waals surface area contributed by atoms with Crippen LogP contribution in [0.15, 0.2) is 16.6 Å². The zero-order valence-electron chi connectivity index (χ0n) is 6.60. The number of halogens is 1. The third-order valence-corrected chi connectivity index (χ3v) is 2.75. The van der Waals surface area contributed by atoms with E-state index in [0.29, 0.717) is 5.75 Å². The van der Waals surface area contributed by atoms with Gasteiger partial charge in [-0.15, -0.1) is 0 Å². The Balaban J connectivity index is 2.49. The molecular weight excluding hydrogens is 218 g/mol. The number of hydrogen-bond acceptors (Lipinski definition) is 2. The molecule has 0 saturated carbocycles. The lowest BCUT2D eigenvalue weighted by atomic mass is 10.0. The minimum absolute atomic E-state index is 0.331. The molecule has 0 unspecified atom stereocenters. The number of anilines is 1. The molecule has 1 aromatic rings. The summed E-state index contributed by atoms with van der Waals surface area (Å²) in [5.41, 5.74) is 2.35. The number of benzene rings is 1. The molecule has 3 heteroatoms. The van der Waals surface area contributed by atoms with E-state index in [1.807, 2.05) is 12.1 Å². The molecule has 2 rings (SSSR count). The first-order chi connectivity index (χ1) is 5.77. The zero-order valence-corrected chi connectivity index (χ0v) is 8.19. The van der Waals surface area contributed by atoms with Gasteiger partial charge in [0, 0.05) is 12.2 Å². The van der Waals surface area contributed by atoms with Gasteiger partial charge in [-0.3, -0.25) is 0 Å². The van der Waals surface area contributed by atoms with Crippen LogP contribution in [-0.2, 0) is 6.42 Å². The van der Waals surface area contributed by atoms with Crippen LogP contribution in [0, 0.1) is 0 Å². The molecule has 64 valence electrons. The van der Waals surface area contributed by atoms with E-state index < -0.39 is 0 Å². The maximum Gasteiger partial charge on any atom is 0.130 e. The van der Waals surface area contributed by atoms with Crippen molar-refractivity contribution in [3.05, 3.63) is 22.2 Å². The van der Waals surface area contributed by atoms with E-state index in [4.69, 9.17) is 0 Å². The Bertz CT molecular complexity index is 281. The van der Waals surface area contributed by atoms with Gasteiger partial charge in [0.1, 0.15) is 5.75 Å². The van der Waals surface area contributed by atoms with E-state index in [-0.39, 0.29) is 0 Å². The number of phenols is 1. The third kappa shape index (κ3) is 1.29. The van der Waals surface area contributed by atoms with Crippen molar-refractivity contribution in [3.8, 4) is 5.75 Å². The molecule has 0 fully saturated rings. The lowest BCUT2D eigenvalue weighted by Gasteiger charge is -2.18. The average Bonchev–Trinajstić information content (AvgIpc) is 2.07.